The topological polar surface area (TPSA) is 128 Å². The first-order chi connectivity index (χ1) is 19.1. The molecule has 9 nitrogen and oxygen atoms in total. The van der Waals surface area contributed by atoms with Gasteiger partial charge < -0.3 is 19.7 Å². The van der Waals surface area contributed by atoms with Crippen LogP contribution >= 0.6 is 0 Å². The van der Waals surface area contributed by atoms with Crippen LogP contribution in [0.1, 0.15) is 84.5 Å². The summed E-state index contributed by atoms with van der Waals surface area (Å²) in [4.78, 5) is 53.8. The quantitative estimate of drug-likeness (QED) is 0.335. The van der Waals surface area contributed by atoms with Crippen LogP contribution in [-0.2, 0) is 30.5 Å². The Kier molecular flexibility index (Phi) is 8.06. The number of aryl methyl sites for hydroxylation is 1. The first-order valence-corrected chi connectivity index (χ1v) is 14.9. The van der Waals surface area contributed by atoms with Crippen molar-refractivity contribution in [2.24, 2.45) is 28.6 Å². The lowest BCUT2D eigenvalue weighted by molar-refractivity contribution is -0.170. The number of nitrogens with one attached hydrogen (secondary N) is 1. The minimum absolute atomic E-state index is 0.00791. The highest BCUT2D eigenvalue weighted by Gasteiger charge is 2.66. The molecular formula is C31H43N3O6. The highest BCUT2D eigenvalue weighted by molar-refractivity contribution is 5.92. The van der Waals surface area contributed by atoms with E-state index in [-0.39, 0.29) is 35.9 Å². The number of ether oxygens (including phenoxy) is 1. The van der Waals surface area contributed by atoms with Gasteiger partial charge in [0.05, 0.1) is 12.7 Å². The van der Waals surface area contributed by atoms with Gasteiger partial charge >= 0.3 is 5.97 Å². The van der Waals surface area contributed by atoms with Crippen LogP contribution in [0.3, 0.4) is 0 Å². The van der Waals surface area contributed by atoms with E-state index in [9.17, 15) is 24.3 Å². The minimum Gasteiger partial charge on any atom is -0.458 e. The van der Waals surface area contributed by atoms with Crippen molar-refractivity contribution >= 4 is 23.4 Å². The number of Topliss-reactive ketones (excluding diaryl/α,β-unsaturated/α-hetero) is 1. The molecule has 0 saturated heterocycles. The number of hydrogen-bond acceptors (Lipinski definition) is 7. The van der Waals surface area contributed by atoms with Crippen molar-refractivity contribution in [2.45, 2.75) is 96.6 Å². The van der Waals surface area contributed by atoms with Gasteiger partial charge in [-0.25, -0.2) is 4.98 Å². The molecule has 0 aliphatic heterocycles. The first-order valence-electron chi connectivity index (χ1n) is 14.9. The van der Waals surface area contributed by atoms with Gasteiger partial charge in [0.15, 0.2) is 12.4 Å². The Morgan fingerprint density at radius 1 is 1.10 bits per heavy atom. The van der Waals surface area contributed by atoms with Crippen molar-refractivity contribution in [1.82, 2.24) is 14.9 Å². The molecule has 218 valence electrons. The van der Waals surface area contributed by atoms with Crippen LogP contribution in [0.5, 0.6) is 0 Å². The van der Waals surface area contributed by atoms with Crippen molar-refractivity contribution < 1.29 is 29.0 Å². The maximum absolute atomic E-state index is 13.4. The Labute approximate surface area is 236 Å². The SMILES string of the molecule is C[C@]12CCC(=O)C=C1CC[C@H]1[C@H]2CC[C@@]2(C)[C@H]1CC[C@]2(O)C(=O)COC(=O)CCC(=O)NCCCn1ccnc1. The van der Waals surface area contributed by atoms with Gasteiger partial charge in [0, 0.05) is 43.7 Å². The molecule has 0 radical (unpaired) electrons. The average Bonchev–Trinajstić information content (AvgIpc) is 3.55. The van der Waals surface area contributed by atoms with Gasteiger partial charge in [0.2, 0.25) is 11.7 Å². The van der Waals surface area contributed by atoms with Gasteiger partial charge in [0.1, 0.15) is 5.60 Å². The van der Waals surface area contributed by atoms with Crippen LogP contribution < -0.4 is 5.32 Å². The molecule has 3 fully saturated rings. The van der Waals surface area contributed by atoms with Gasteiger partial charge in [-0.1, -0.05) is 19.4 Å². The number of carbonyl (C=O) groups is 4. The monoisotopic (exact) mass is 553 g/mol. The van der Waals surface area contributed by atoms with Gasteiger partial charge in [-0.15, -0.1) is 0 Å². The molecule has 0 unspecified atom stereocenters. The molecule has 4 aliphatic rings. The van der Waals surface area contributed by atoms with Crippen molar-refractivity contribution in [3.8, 4) is 0 Å². The lowest BCUT2D eigenvalue weighted by Crippen LogP contribution is -2.58. The van der Waals surface area contributed by atoms with Gasteiger partial charge in [-0.3, -0.25) is 19.2 Å². The third-order valence-electron chi connectivity index (χ3n) is 11.0. The van der Waals surface area contributed by atoms with Gasteiger partial charge in [-0.2, -0.15) is 0 Å². The highest BCUT2D eigenvalue weighted by atomic mass is 16.5. The minimum atomic E-state index is -1.52. The zero-order chi connectivity index (χ0) is 28.5. The second kappa shape index (κ2) is 11.2. The smallest absolute Gasteiger partial charge is 0.306 e. The molecule has 40 heavy (non-hydrogen) atoms. The number of fused-ring (bicyclic) bond motifs is 5. The molecule has 6 atom stereocenters. The molecule has 5 rings (SSSR count). The highest BCUT2D eigenvalue weighted by Crippen LogP contribution is 2.67. The van der Waals surface area contributed by atoms with E-state index in [0.717, 1.165) is 51.5 Å². The molecule has 9 heteroatoms. The number of ketones is 2. The van der Waals surface area contributed by atoms with E-state index in [1.807, 2.05) is 16.8 Å². The van der Waals surface area contributed by atoms with Crippen LogP contribution in [0, 0.1) is 28.6 Å². The molecule has 0 spiro atoms. The molecule has 2 N–H and O–H groups in total. The Morgan fingerprint density at radius 2 is 1.90 bits per heavy atom. The Bertz CT molecular complexity index is 1180. The third-order valence-corrected chi connectivity index (χ3v) is 11.0. The maximum atomic E-state index is 13.4. The van der Waals surface area contributed by atoms with Crippen molar-refractivity contribution in [2.75, 3.05) is 13.2 Å². The van der Waals surface area contributed by atoms with E-state index in [4.69, 9.17) is 4.74 Å². The van der Waals surface area contributed by atoms with E-state index in [2.05, 4.69) is 24.1 Å². The summed E-state index contributed by atoms with van der Waals surface area (Å²) in [6, 6.07) is 0. The summed E-state index contributed by atoms with van der Waals surface area (Å²) in [7, 11) is 0. The largest absolute Gasteiger partial charge is 0.458 e. The van der Waals surface area contributed by atoms with Crippen molar-refractivity contribution in [3.05, 3.63) is 30.4 Å². The summed E-state index contributed by atoms with van der Waals surface area (Å²) in [5.74, 6) is 0.0628. The lowest BCUT2D eigenvalue weighted by Gasteiger charge is -2.58. The standard InChI is InChI=1S/C31H43N3O6/c1-29-11-8-22(35)18-21(29)4-5-23-24(29)9-12-30(2)25(23)10-13-31(30,39)26(36)19-40-28(38)7-6-27(37)33-14-3-16-34-17-15-32-20-34/h15,17-18,20,23-25,39H,3-14,16,19H2,1-2H3,(H,33,37)/t23-,24+,25-,29-,30-,31-/m0/s1. The molecular weight excluding hydrogens is 510 g/mol. The Hall–Kier alpha value is -2.81. The molecule has 3 saturated carbocycles. The summed E-state index contributed by atoms with van der Waals surface area (Å²) in [5, 5.41) is 14.6. The van der Waals surface area contributed by atoms with Crippen LogP contribution in [0.25, 0.3) is 0 Å². The van der Waals surface area contributed by atoms with Crippen molar-refractivity contribution in [1.29, 1.82) is 0 Å². The fourth-order valence-corrected chi connectivity index (χ4v) is 8.58. The molecule has 1 aromatic heterocycles. The number of amides is 1. The predicted octanol–water partition coefficient (Wildman–Crippen LogP) is 3.54. The van der Waals surface area contributed by atoms with Crippen LogP contribution in [-0.4, -0.2) is 56.9 Å². The number of aliphatic hydroxyl groups is 1. The second-order valence-electron chi connectivity index (χ2n) is 12.9. The van der Waals surface area contributed by atoms with Crippen LogP contribution in [0.4, 0.5) is 0 Å². The van der Waals surface area contributed by atoms with E-state index in [0.29, 0.717) is 31.2 Å². The number of aromatic nitrogens is 2. The normalized spacial score (nSPS) is 34.7. The fraction of sp³-hybridized carbons (Fsp3) is 0.710. The third kappa shape index (κ3) is 5.17. The summed E-state index contributed by atoms with van der Waals surface area (Å²) < 4.78 is 7.18. The number of imidazole rings is 1. The number of hydrogen-bond donors (Lipinski definition) is 2. The molecule has 1 aromatic rings. The number of esters is 1. The van der Waals surface area contributed by atoms with E-state index < -0.39 is 29.4 Å². The molecule has 0 aromatic carbocycles. The Balaban J connectivity index is 1.10. The molecule has 1 amide bonds. The first kappa shape index (κ1) is 28.7. The second-order valence-corrected chi connectivity index (χ2v) is 12.9. The van der Waals surface area contributed by atoms with Crippen LogP contribution in [0.2, 0.25) is 0 Å². The lowest BCUT2D eigenvalue weighted by atomic mass is 9.46. The van der Waals surface area contributed by atoms with Crippen LogP contribution in [0.15, 0.2) is 30.4 Å². The van der Waals surface area contributed by atoms with Crippen molar-refractivity contribution in [3.63, 3.8) is 0 Å². The average molecular weight is 554 g/mol. The van der Waals surface area contributed by atoms with E-state index >= 15 is 0 Å². The molecule has 4 aliphatic carbocycles. The zero-order valence-electron chi connectivity index (χ0n) is 23.8. The molecule has 0 bridgehead atoms. The summed E-state index contributed by atoms with van der Waals surface area (Å²) in [6.45, 7) is 5.14. The number of nitrogens with zero attached hydrogens (tertiary/aromatic N) is 2. The predicted molar refractivity (Wildman–Crippen MR) is 147 cm³/mol. The summed E-state index contributed by atoms with van der Waals surface area (Å²) >= 11 is 0. The number of rotatable bonds is 10. The van der Waals surface area contributed by atoms with Gasteiger partial charge in [-0.05, 0) is 80.6 Å². The summed E-state index contributed by atoms with van der Waals surface area (Å²) in [6.07, 6.45) is 14.0. The summed E-state index contributed by atoms with van der Waals surface area (Å²) in [5.41, 5.74) is -0.746. The molecule has 1 heterocycles. The van der Waals surface area contributed by atoms with Gasteiger partial charge in [0.25, 0.3) is 0 Å². The van der Waals surface area contributed by atoms with E-state index in [1.54, 1.807) is 12.5 Å². The zero-order valence-corrected chi connectivity index (χ0v) is 23.8. The van der Waals surface area contributed by atoms with E-state index in [1.165, 1.54) is 5.57 Å². The number of carbonyl (C=O) groups excluding carboxylic acids is 4. The number of allylic oxidation sites excluding steroid dienone is 1. The fourth-order valence-electron chi connectivity index (χ4n) is 8.58. The Morgan fingerprint density at radius 3 is 2.67 bits per heavy atom. The maximum Gasteiger partial charge on any atom is 0.306 e.